The fourth-order valence-electron chi connectivity index (χ4n) is 2.26. The summed E-state index contributed by atoms with van der Waals surface area (Å²) in [6, 6.07) is 9.62. The van der Waals surface area contributed by atoms with Crippen molar-refractivity contribution >= 4 is 28.8 Å². The largest absolute Gasteiger partial charge is 0.366 e. The minimum Gasteiger partial charge on any atom is -0.366 e. The number of aromatic nitrogens is 1. The second-order valence-electron chi connectivity index (χ2n) is 5.40. The SMILES string of the molecule is Cc1ccc(C(N)=O)cc1NC(=O)c1ccc(-c2cncc(F)c2)s1. The van der Waals surface area contributed by atoms with Crippen LogP contribution in [0.15, 0.2) is 48.8 Å². The van der Waals surface area contributed by atoms with E-state index in [0.717, 1.165) is 16.6 Å². The van der Waals surface area contributed by atoms with Crippen molar-refractivity contribution in [3.05, 3.63) is 70.6 Å². The fraction of sp³-hybridized carbons (Fsp3) is 0.0556. The van der Waals surface area contributed by atoms with Crippen LogP contribution in [0.4, 0.5) is 10.1 Å². The number of primary amides is 1. The number of aryl methyl sites for hydroxylation is 1. The lowest BCUT2D eigenvalue weighted by Gasteiger charge is -2.08. The Balaban J connectivity index is 1.83. The predicted molar refractivity (Wildman–Crippen MR) is 95.2 cm³/mol. The third kappa shape index (κ3) is 3.72. The third-order valence-corrected chi connectivity index (χ3v) is 4.72. The molecule has 2 heterocycles. The zero-order chi connectivity index (χ0) is 18.0. The molecular weight excluding hydrogens is 341 g/mol. The summed E-state index contributed by atoms with van der Waals surface area (Å²) in [6.45, 7) is 1.82. The fourth-order valence-corrected chi connectivity index (χ4v) is 3.14. The molecule has 3 rings (SSSR count). The normalized spacial score (nSPS) is 10.5. The molecule has 0 aliphatic carbocycles. The van der Waals surface area contributed by atoms with E-state index in [9.17, 15) is 14.0 Å². The summed E-state index contributed by atoms with van der Waals surface area (Å²) in [5.74, 6) is -1.31. The van der Waals surface area contributed by atoms with Crippen LogP contribution in [0, 0.1) is 12.7 Å². The molecule has 0 radical (unpaired) electrons. The highest BCUT2D eigenvalue weighted by Crippen LogP contribution is 2.29. The highest BCUT2D eigenvalue weighted by molar-refractivity contribution is 7.17. The van der Waals surface area contributed by atoms with E-state index in [1.807, 2.05) is 6.92 Å². The van der Waals surface area contributed by atoms with Gasteiger partial charge in [0.1, 0.15) is 5.82 Å². The van der Waals surface area contributed by atoms with Crippen molar-refractivity contribution in [2.24, 2.45) is 5.73 Å². The average Bonchev–Trinajstić information content (AvgIpc) is 3.07. The van der Waals surface area contributed by atoms with E-state index in [4.69, 9.17) is 5.73 Å². The summed E-state index contributed by atoms with van der Waals surface area (Å²) < 4.78 is 13.3. The summed E-state index contributed by atoms with van der Waals surface area (Å²) in [5.41, 5.74) is 7.52. The van der Waals surface area contributed by atoms with Crippen LogP contribution < -0.4 is 11.1 Å². The van der Waals surface area contributed by atoms with Crippen molar-refractivity contribution in [2.45, 2.75) is 6.92 Å². The second kappa shape index (κ2) is 6.82. The molecule has 2 amide bonds. The Morgan fingerprint density at radius 2 is 1.96 bits per heavy atom. The molecule has 3 aromatic rings. The Kier molecular flexibility index (Phi) is 4.58. The van der Waals surface area contributed by atoms with Gasteiger partial charge in [-0.15, -0.1) is 11.3 Å². The number of nitrogens with zero attached hydrogens (tertiary/aromatic N) is 1. The van der Waals surface area contributed by atoms with Gasteiger partial charge in [0.25, 0.3) is 5.91 Å². The van der Waals surface area contributed by atoms with Gasteiger partial charge in [0.2, 0.25) is 5.91 Å². The molecular formula is C18H14FN3O2S. The number of thiophene rings is 1. The number of hydrogen-bond acceptors (Lipinski definition) is 4. The van der Waals surface area contributed by atoms with Gasteiger partial charge in [-0.25, -0.2) is 4.39 Å². The number of nitrogens with two attached hydrogens (primary N) is 1. The highest BCUT2D eigenvalue weighted by atomic mass is 32.1. The van der Waals surface area contributed by atoms with Crippen LogP contribution in [-0.2, 0) is 0 Å². The van der Waals surface area contributed by atoms with Crippen LogP contribution in [0.25, 0.3) is 10.4 Å². The van der Waals surface area contributed by atoms with E-state index >= 15 is 0 Å². The minimum absolute atomic E-state index is 0.315. The maximum atomic E-state index is 13.3. The second-order valence-corrected chi connectivity index (χ2v) is 6.49. The summed E-state index contributed by atoms with van der Waals surface area (Å²) in [7, 11) is 0. The monoisotopic (exact) mass is 355 g/mol. The number of amides is 2. The van der Waals surface area contributed by atoms with E-state index in [-0.39, 0.29) is 5.91 Å². The Labute approximate surface area is 147 Å². The molecule has 7 heteroatoms. The van der Waals surface area contributed by atoms with E-state index < -0.39 is 11.7 Å². The summed E-state index contributed by atoms with van der Waals surface area (Å²) in [6.07, 6.45) is 2.66. The Hall–Kier alpha value is -3.06. The molecule has 5 nitrogen and oxygen atoms in total. The number of carbonyl (C=O) groups excluding carboxylic acids is 2. The van der Waals surface area contributed by atoms with E-state index in [1.165, 1.54) is 23.6 Å². The molecule has 126 valence electrons. The number of rotatable bonds is 4. The number of pyridine rings is 1. The first-order chi connectivity index (χ1) is 11.9. The van der Waals surface area contributed by atoms with Crippen LogP contribution in [-0.4, -0.2) is 16.8 Å². The van der Waals surface area contributed by atoms with Gasteiger partial charge < -0.3 is 11.1 Å². The molecule has 0 spiro atoms. The third-order valence-electron chi connectivity index (χ3n) is 3.59. The van der Waals surface area contributed by atoms with Gasteiger partial charge in [-0.1, -0.05) is 6.07 Å². The molecule has 0 fully saturated rings. The number of anilines is 1. The van der Waals surface area contributed by atoms with Gasteiger partial charge in [-0.2, -0.15) is 0 Å². The minimum atomic E-state index is -0.562. The molecule has 2 aromatic heterocycles. The van der Waals surface area contributed by atoms with Crippen LogP contribution in [0.2, 0.25) is 0 Å². The smallest absolute Gasteiger partial charge is 0.265 e. The van der Waals surface area contributed by atoms with Crippen molar-refractivity contribution in [3.63, 3.8) is 0 Å². The molecule has 1 aromatic carbocycles. The van der Waals surface area contributed by atoms with Crippen LogP contribution in [0.5, 0.6) is 0 Å². The van der Waals surface area contributed by atoms with E-state index in [2.05, 4.69) is 10.3 Å². The summed E-state index contributed by atoms with van der Waals surface area (Å²) in [5, 5.41) is 2.77. The average molecular weight is 355 g/mol. The van der Waals surface area contributed by atoms with Gasteiger partial charge in [0.05, 0.1) is 11.1 Å². The first-order valence-corrected chi connectivity index (χ1v) is 8.18. The first-order valence-electron chi connectivity index (χ1n) is 7.36. The van der Waals surface area contributed by atoms with Crippen LogP contribution in [0.3, 0.4) is 0 Å². The molecule has 0 aliphatic rings. The Morgan fingerprint density at radius 3 is 2.68 bits per heavy atom. The molecule has 0 aliphatic heterocycles. The van der Waals surface area contributed by atoms with Crippen molar-refractivity contribution in [3.8, 4) is 10.4 Å². The lowest BCUT2D eigenvalue weighted by molar-refractivity contribution is 0.0996. The van der Waals surface area contributed by atoms with Gasteiger partial charge in [0.15, 0.2) is 0 Å². The molecule has 3 N–H and O–H groups in total. The van der Waals surface area contributed by atoms with Crippen molar-refractivity contribution in [2.75, 3.05) is 5.32 Å². The Bertz CT molecular complexity index is 968. The zero-order valence-electron chi connectivity index (χ0n) is 13.2. The standard InChI is InChI=1S/C18H14FN3O2S/c1-10-2-3-11(17(20)23)7-14(10)22-18(24)16-5-4-15(25-16)12-6-13(19)9-21-8-12/h2-9H,1H3,(H2,20,23)(H,22,24). The quantitative estimate of drug-likeness (QED) is 0.750. The zero-order valence-corrected chi connectivity index (χ0v) is 14.1. The molecule has 0 unspecified atom stereocenters. The number of hydrogen-bond donors (Lipinski definition) is 2. The van der Waals surface area contributed by atoms with Gasteiger partial charge >= 0.3 is 0 Å². The van der Waals surface area contributed by atoms with E-state index in [0.29, 0.717) is 21.7 Å². The molecule has 0 bridgehead atoms. The molecule has 0 saturated heterocycles. The topological polar surface area (TPSA) is 85.1 Å². The molecule has 25 heavy (non-hydrogen) atoms. The highest BCUT2D eigenvalue weighted by Gasteiger charge is 2.13. The lowest BCUT2D eigenvalue weighted by atomic mass is 10.1. The first kappa shape index (κ1) is 16.8. The van der Waals surface area contributed by atoms with Crippen LogP contribution >= 0.6 is 11.3 Å². The van der Waals surface area contributed by atoms with Crippen molar-refractivity contribution in [1.82, 2.24) is 4.98 Å². The number of carbonyl (C=O) groups is 2. The Morgan fingerprint density at radius 1 is 1.16 bits per heavy atom. The molecule has 0 atom stereocenters. The maximum Gasteiger partial charge on any atom is 0.265 e. The predicted octanol–water partition coefficient (Wildman–Crippen LogP) is 3.61. The summed E-state index contributed by atoms with van der Waals surface area (Å²) >= 11 is 1.23. The van der Waals surface area contributed by atoms with Crippen LogP contribution in [0.1, 0.15) is 25.6 Å². The number of benzene rings is 1. The van der Waals surface area contributed by atoms with Gasteiger partial charge in [0, 0.05) is 27.9 Å². The number of halogens is 1. The number of nitrogens with one attached hydrogen (secondary N) is 1. The van der Waals surface area contributed by atoms with Gasteiger partial charge in [-0.3, -0.25) is 14.6 Å². The van der Waals surface area contributed by atoms with E-state index in [1.54, 1.807) is 30.3 Å². The van der Waals surface area contributed by atoms with Crippen molar-refractivity contribution < 1.29 is 14.0 Å². The van der Waals surface area contributed by atoms with Gasteiger partial charge in [-0.05, 0) is 42.8 Å². The summed E-state index contributed by atoms with van der Waals surface area (Å²) in [4.78, 5) is 28.7. The molecule has 0 saturated carbocycles. The van der Waals surface area contributed by atoms with Crippen molar-refractivity contribution in [1.29, 1.82) is 0 Å². The lowest BCUT2D eigenvalue weighted by Crippen LogP contribution is -2.14. The maximum absolute atomic E-state index is 13.3.